The molecule has 0 amide bonds. The van der Waals surface area contributed by atoms with Crippen LogP contribution in [0.25, 0.3) is 5.69 Å². The van der Waals surface area contributed by atoms with Crippen molar-refractivity contribution in [1.82, 2.24) is 24.6 Å². The van der Waals surface area contributed by atoms with Gasteiger partial charge in [0.25, 0.3) is 0 Å². The molecule has 0 bridgehead atoms. The van der Waals surface area contributed by atoms with Crippen LogP contribution in [0.1, 0.15) is 55.8 Å². The third kappa shape index (κ3) is 3.81. The molecule has 7 nitrogen and oxygen atoms in total. The molecule has 0 radical (unpaired) electrons. The van der Waals surface area contributed by atoms with E-state index in [1.807, 2.05) is 24.4 Å². The van der Waals surface area contributed by atoms with Crippen molar-refractivity contribution < 1.29 is 0 Å². The van der Waals surface area contributed by atoms with Gasteiger partial charge in [-0.25, -0.2) is 0 Å². The summed E-state index contributed by atoms with van der Waals surface area (Å²) in [5.41, 5.74) is 5.29. The highest BCUT2D eigenvalue weighted by atomic mass is 15.4. The molecule has 0 N–H and O–H groups in total. The minimum Gasteiger partial charge on any atom is -0.338 e. The highest BCUT2D eigenvalue weighted by Gasteiger charge is 2.28. The second-order valence-corrected chi connectivity index (χ2v) is 8.89. The van der Waals surface area contributed by atoms with Gasteiger partial charge in [0.15, 0.2) is 5.82 Å². The number of anilines is 1. The molecule has 1 aromatic carbocycles. The van der Waals surface area contributed by atoms with Gasteiger partial charge in [0.1, 0.15) is 6.54 Å². The molecule has 3 aromatic rings. The van der Waals surface area contributed by atoms with Gasteiger partial charge in [-0.15, -0.1) is 10.2 Å². The summed E-state index contributed by atoms with van der Waals surface area (Å²) >= 11 is 0. The lowest BCUT2D eigenvalue weighted by atomic mass is 9.96. The average Bonchev–Trinajstić information content (AvgIpc) is 3.17. The molecular weight excluding hydrogens is 398 g/mol. The van der Waals surface area contributed by atoms with Crippen molar-refractivity contribution >= 4 is 11.7 Å². The Morgan fingerprint density at radius 2 is 1.84 bits per heavy atom. The molecule has 0 unspecified atom stereocenters. The van der Waals surface area contributed by atoms with E-state index in [0.717, 1.165) is 67.2 Å². The van der Waals surface area contributed by atoms with Crippen molar-refractivity contribution in [3.63, 3.8) is 0 Å². The van der Waals surface area contributed by atoms with Crippen LogP contribution < -0.4 is 4.90 Å². The number of piperazine rings is 1. The minimum absolute atomic E-state index is 0.431. The summed E-state index contributed by atoms with van der Waals surface area (Å²) in [4.78, 5) is 14.5. The molecule has 0 spiro atoms. The third-order valence-electron chi connectivity index (χ3n) is 6.38. The minimum atomic E-state index is 0.431. The summed E-state index contributed by atoms with van der Waals surface area (Å²) in [5.74, 6) is 2.23. The summed E-state index contributed by atoms with van der Waals surface area (Å²) in [5, 5.41) is 9.19. The molecule has 4 heterocycles. The second kappa shape index (κ2) is 8.82. The summed E-state index contributed by atoms with van der Waals surface area (Å²) in [6.07, 6.45) is 3.02. The van der Waals surface area contributed by atoms with Crippen LogP contribution in [-0.2, 0) is 6.54 Å². The van der Waals surface area contributed by atoms with Crippen molar-refractivity contribution in [3.8, 4) is 5.69 Å². The van der Waals surface area contributed by atoms with Crippen molar-refractivity contribution in [1.29, 1.82) is 0 Å². The topological polar surface area (TPSA) is 62.4 Å². The van der Waals surface area contributed by atoms with Crippen LogP contribution in [0.15, 0.2) is 47.6 Å². The number of fused-ring (bicyclic) bond motifs is 3. The molecule has 0 saturated carbocycles. The Hall–Kier alpha value is -3.06. The standard InChI is InChI=1S/C25H31N7/c1-4-11-30-12-14-31(15-13-30)25-29-28-23-17-27-24(21-7-5-6-10-26-21)20-16-19(18(2)3)8-9-22(20)32(23)25/h5-10,16,18H,4,11-15,17H2,1-3H3. The van der Waals surface area contributed by atoms with Crippen LogP contribution in [0, 0.1) is 0 Å². The van der Waals surface area contributed by atoms with Crippen LogP contribution in [0.4, 0.5) is 5.95 Å². The zero-order valence-corrected chi connectivity index (χ0v) is 19.2. The molecule has 2 aromatic heterocycles. The van der Waals surface area contributed by atoms with Gasteiger partial charge in [-0.05, 0) is 48.7 Å². The van der Waals surface area contributed by atoms with Gasteiger partial charge in [-0.3, -0.25) is 19.4 Å². The van der Waals surface area contributed by atoms with Crippen LogP contribution >= 0.6 is 0 Å². The normalized spacial score (nSPS) is 16.5. The molecule has 1 saturated heterocycles. The van der Waals surface area contributed by atoms with Gasteiger partial charge in [0.2, 0.25) is 5.95 Å². The quantitative estimate of drug-likeness (QED) is 0.619. The third-order valence-corrected chi connectivity index (χ3v) is 6.38. The first-order valence-electron chi connectivity index (χ1n) is 11.7. The van der Waals surface area contributed by atoms with Gasteiger partial charge in [-0.2, -0.15) is 0 Å². The zero-order valence-electron chi connectivity index (χ0n) is 19.2. The van der Waals surface area contributed by atoms with Gasteiger partial charge < -0.3 is 4.90 Å². The molecule has 0 atom stereocenters. The Kier molecular flexibility index (Phi) is 5.74. The van der Waals surface area contributed by atoms with Gasteiger partial charge in [0, 0.05) is 37.9 Å². The molecule has 7 heteroatoms. The molecule has 2 aliphatic rings. The van der Waals surface area contributed by atoms with Crippen LogP contribution in [0.2, 0.25) is 0 Å². The number of benzene rings is 1. The molecule has 166 valence electrons. The number of hydrogen-bond acceptors (Lipinski definition) is 6. The fourth-order valence-electron chi connectivity index (χ4n) is 4.60. The molecule has 0 aliphatic carbocycles. The van der Waals surface area contributed by atoms with E-state index in [1.54, 1.807) is 0 Å². The first kappa shape index (κ1) is 20.8. The summed E-state index contributed by atoms with van der Waals surface area (Å²) in [6, 6.07) is 12.7. The summed E-state index contributed by atoms with van der Waals surface area (Å²) in [6.45, 7) is 12.4. The van der Waals surface area contributed by atoms with Crippen molar-refractivity contribution in [3.05, 3.63) is 65.2 Å². The van der Waals surface area contributed by atoms with E-state index in [0.29, 0.717) is 12.5 Å². The zero-order chi connectivity index (χ0) is 22.1. The SMILES string of the molecule is CCCN1CCN(c2nnc3n2-c2ccc(C(C)C)cc2C(c2ccccn2)=NC3)CC1. The lowest BCUT2D eigenvalue weighted by Gasteiger charge is -2.35. The van der Waals surface area contributed by atoms with E-state index in [2.05, 4.69) is 68.5 Å². The van der Waals surface area contributed by atoms with E-state index < -0.39 is 0 Å². The predicted molar refractivity (Wildman–Crippen MR) is 128 cm³/mol. The maximum atomic E-state index is 4.98. The van der Waals surface area contributed by atoms with Crippen LogP contribution in [0.5, 0.6) is 0 Å². The number of aliphatic imine (C=N–C) groups is 1. The maximum Gasteiger partial charge on any atom is 0.232 e. The van der Waals surface area contributed by atoms with Crippen LogP contribution in [-0.4, -0.2) is 63.1 Å². The highest BCUT2D eigenvalue weighted by Crippen LogP contribution is 2.31. The number of nitrogens with zero attached hydrogens (tertiary/aromatic N) is 7. The van der Waals surface area contributed by atoms with Crippen LogP contribution in [0.3, 0.4) is 0 Å². The molecule has 2 aliphatic heterocycles. The van der Waals surface area contributed by atoms with E-state index in [9.17, 15) is 0 Å². The highest BCUT2D eigenvalue weighted by molar-refractivity contribution is 6.14. The average molecular weight is 430 g/mol. The fourth-order valence-corrected chi connectivity index (χ4v) is 4.60. The van der Waals surface area contributed by atoms with E-state index in [1.165, 1.54) is 12.0 Å². The van der Waals surface area contributed by atoms with E-state index in [-0.39, 0.29) is 0 Å². The summed E-state index contributed by atoms with van der Waals surface area (Å²) in [7, 11) is 0. The van der Waals surface area contributed by atoms with E-state index >= 15 is 0 Å². The maximum absolute atomic E-state index is 4.98. The lowest BCUT2D eigenvalue weighted by molar-refractivity contribution is 0.257. The lowest BCUT2D eigenvalue weighted by Crippen LogP contribution is -2.47. The monoisotopic (exact) mass is 429 g/mol. The van der Waals surface area contributed by atoms with Crippen molar-refractivity contribution in [2.24, 2.45) is 4.99 Å². The molecular formula is C25H31N7. The predicted octanol–water partition coefficient (Wildman–Crippen LogP) is 3.67. The van der Waals surface area contributed by atoms with Crippen molar-refractivity contribution in [2.45, 2.75) is 39.7 Å². The smallest absolute Gasteiger partial charge is 0.232 e. The second-order valence-electron chi connectivity index (χ2n) is 8.89. The first-order valence-corrected chi connectivity index (χ1v) is 11.7. The fraction of sp³-hybridized carbons (Fsp3) is 0.440. The Bertz CT molecular complexity index is 1110. The van der Waals surface area contributed by atoms with E-state index in [4.69, 9.17) is 4.99 Å². The molecule has 32 heavy (non-hydrogen) atoms. The van der Waals surface area contributed by atoms with Gasteiger partial charge in [0.05, 0.1) is 17.1 Å². The Morgan fingerprint density at radius 3 is 2.56 bits per heavy atom. The largest absolute Gasteiger partial charge is 0.338 e. The van der Waals surface area contributed by atoms with Gasteiger partial charge in [-0.1, -0.05) is 32.9 Å². The Labute approximate surface area is 189 Å². The summed E-state index contributed by atoms with van der Waals surface area (Å²) < 4.78 is 2.22. The molecule has 5 rings (SSSR count). The van der Waals surface area contributed by atoms with Gasteiger partial charge >= 0.3 is 0 Å². The number of rotatable bonds is 5. The molecule has 1 fully saturated rings. The Balaban J connectivity index is 1.59. The number of pyridine rings is 1. The number of hydrogen-bond donors (Lipinski definition) is 0. The number of aromatic nitrogens is 4. The Morgan fingerprint density at radius 1 is 1.00 bits per heavy atom. The van der Waals surface area contributed by atoms with Crippen molar-refractivity contribution in [2.75, 3.05) is 37.6 Å². The first-order chi connectivity index (χ1) is 15.7.